The molecule has 0 aliphatic heterocycles. The molecule has 0 saturated heterocycles. The first-order valence-electron chi connectivity index (χ1n) is 7.44. The molecule has 122 valence electrons. The summed E-state index contributed by atoms with van der Waals surface area (Å²) in [7, 11) is 0. The number of aromatic nitrogens is 1. The quantitative estimate of drug-likeness (QED) is 0.580. The fourth-order valence-corrected chi connectivity index (χ4v) is 3.03. The maximum absolute atomic E-state index is 12.8. The zero-order valence-electron chi connectivity index (χ0n) is 13.0. The predicted octanol–water partition coefficient (Wildman–Crippen LogP) is 4.14. The molecule has 0 fully saturated rings. The van der Waals surface area contributed by atoms with E-state index in [-0.39, 0.29) is 5.82 Å². The van der Waals surface area contributed by atoms with Crippen LogP contribution in [0.25, 0.3) is 0 Å². The van der Waals surface area contributed by atoms with Crippen LogP contribution in [0.5, 0.6) is 0 Å². The van der Waals surface area contributed by atoms with Crippen LogP contribution in [0.1, 0.15) is 17.5 Å². The molecule has 0 radical (unpaired) electrons. The number of rotatable bonds is 7. The van der Waals surface area contributed by atoms with Crippen LogP contribution in [-0.4, -0.2) is 22.4 Å². The van der Waals surface area contributed by atoms with E-state index in [1.54, 1.807) is 6.20 Å². The summed E-state index contributed by atoms with van der Waals surface area (Å²) < 4.78 is 12.8. The van der Waals surface area contributed by atoms with E-state index in [0.717, 1.165) is 41.4 Å². The maximum atomic E-state index is 12.8. The zero-order valence-corrected chi connectivity index (χ0v) is 14.6. The summed E-state index contributed by atoms with van der Waals surface area (Å²) in [6.45, 7) is 2.80. The van der Waals surface area contributed by atoms with Gasteiger partial charge in [0.1, 0.15) is 11.6 Å². The summed E-state index contributed by atoms with van der Waals surface area (Å²) in [6.07, 6.45) is 2.75. The highest BCUT2D eigenvalue weighted by atomic mass is 32.2. The highest BCUT2D eigenvalue weighted by molar-refractivity contribution is 7.98. The Bertz CT molecular complexity index is 632. The lowest BCUT2D eigenvalue weighted by Crippen LogP contribution is -2.30. The summed E-state index contributed by atoms with van der Waals surface area (Å²) in [4.78, 5) is 4.25. The molecule has 0 bridgehead atoms. The Morgan fingerprint density at radius 1 is 1.26 bits per heavy atom. The fraction of sp³-hybridized carbons (Fsp3) is 0.294. The molecule has 0 spiro atoms. The third-order valence-electron chi connectivity index (χ3n) is 3.17. The molecular formula is C17H20FN3S2. The van der Waals surface area contributed by atoms with Crippen molar-refractivity contribution in [1.29, 1.82) is 0 Å². The normalized spacial score (nSPS) is 10.3. The molecule has 0 saturated carbocycles. The summed E-state index contributed by atoms with van der Waals surface area (Å²) >= 11 is 7.09. The van der Waals surface area contributed by atoms with Gasteiger partial charge in [0.15, 0.2) is 5.11 Å². The molecule has 0 aliphatic rings. The van der Waals surface area contributed by atoms with Gasteiger partial charge in [-0.25, -0.2) is 9.37 Å². The van der Waals surface area contributed by atoms with Crippen LogP contribution in [0.4, 0.5) is 10.2 Å². The van der Waals surface area contributed by atoms with E-state index < -0.39 is 0 Å². The van der Waals surface area contributed by atoms with Gasteiger partial charge in [0.2, 0.25) is 0 Å². The monoisotopic (exact) mass is 349 g/mol. The van der Waals surface area contributed by atoms with Gasteiger partial charge in [-0.2, -0.15) is 11.8 Å². The van der Waals surface area contributed by atoms with Crippen molar-refractivity contribution in [3.63, 3.8) is 0 Å². The van der Waals surface area contributed by atoms with Crippen molar-refractivity contribution in [2.75, 3.05) is 17.6 Å². The number of nitrogens with one attached hydrogen (secondary N) is 2. The lowest BCUT2D eigenvalue weighted by atomic mass is 10.2. The molecule has 0 atom stereocenters. The molecule has 2 rings (SSSR count). The fourth-order valence-electron chi connectivity index (χ4n) is 1.92. The van der Waals surface area contributed by atoms with Gasteiger partial charge in [-0.3, -0.25) is 0 Å². The number of anilines is 1. The van der Waals surface area contributed by atoms with E-state index in [2.05, 4.69) is 15.6 Å². The van der Waals surface area contributed by atoms with Crippen LogP contribution in [0.2, 0.25) is 0 Å². The van der Waals surface area contributed by atoms with Crippen molar-refractivity contribution in [2.45, 2.75) is 19.1 Å². The number of hydrogen-bond acceptors (Lipinski definition) is 3. The van der Waals surface area contributed by atoms with E-state index in [9.17, 15) is 4.39 Å². The average molecular weight is 350 g/mol. The Labute approximate surface area is 146 Å². The van der Waals surface area contributed by atoms with Crippen LogP contribution >= 0.6 is 24.0 Å². The molecule has 6 heteroatoms. The molecule has 2 aromatic rings. The number of thiocarbonyl (C=S) groups is 1. The molecule has 2 N–H and O–H groups in total. The van der Waals surface area contributed by atoms with Crippen LogP contribution in [0, 0.1) is 12.7 Å². The first-order chi connectivity index (χ1) is 11.1. The largest absolute Gasteiger partial charge is 0.362 e. The van der Waals surface area contributed by atoms with Gasteiger partial charge < -0.3 is 10.6 Å². The number of benzene rings is 1. The molecule has 1 aromatic carbocycles. The van der Waals surface area contributed by atoms with Crippen molar-refractivity contribution < 1.29 is 4.39 Å². The maximum Gasteiger partial charge on any atom is 0.171 e. The van der Waals surface area contributed by atoms with Gasteiger partial charge in [0.05, 0.1) is 0 Å². The van der Waals surface area contributed by atoms with E-state index in [1.165, 1.54) is 12.1 Å². The second kappa shape index (κ2) is 9.47. The molecule has 0 aliphatic carbocycles. The van der Waals surface area contributed by atoms with E-state index >= 15 is 0 Å². The minimum atomic E-state index is -0.188. The molecular weight excluding hydrogens is 329 g/mol. The van der Waals surface area contributed by atoms with Crippen molar-refractivity contribution in [3.8, 4) is 0 Å². The molecule has 23 heavy (non-hydrogen) atoms. The number of aryl methyl sites for hydroxylation is 1. The summed E-state index contributed by atoms with van der Waals surface area (Å²) in [6, 6.07) is 10.5. The van der Waals surface area contributed by atoms with Gasteiger partial charge >= 0.3 is 0 Å². The minimum Gasteiger partial charge on any atom is -0.362 e. The van der Waals surface area contributed by atoms with E-state index in [1.807, 2.05) is 43.0 Å². The first kappa shape index (κ1) is 17.7. The van der Waals surface area contributed by atoms with Crippen LogP contribution in [-0.2, 0) is 5.75 Å². The second-order valence-electron chi connectivity index (χ2n) is 5.08. The van der Waals surface area contributed by atoms with Crippen molar-refractivity contribution in [3.05, 3.63) is 59.5 Å². The number of halogens is 1. The van der Waals surface area contributed by atoms with Crippen LogP contribution in [0.3, 0.4) is 0 Å². The molecule has 1 heterocycles. The Kier molecular flexibility index (Phi) is 7.29. The highest BCUT2D eigenvalue weighted by Gasteiger charge is 2.01. The third kappa shape index (κ3) is 6.54. The first-order valence-corrected chi connectivity index (χ1v) is 9.00. The third-order valence-corrected chi connectivity index (χ3v) is 4.54. The van der Waals surface area contributed by atoms with Gasteiger partial charge in [-0.15, -0.1) is 0 Å². The van der Waals surface area contributed by atoms with Crippen molar-refractivity contribution >= 4 is 34.9 Å². The number of thioether (sulfide) groups is 1. The number of hydrogen-bond donors (Lipinski definition) is 2. The van der Waals surface area contributed by atoms with E-state index in [4.69, 9.17) is 12.2 Å². The Hall–Kier alpha value is -1.66. The standard InChI is InChI=1S/C17H20FN3S2/c1-13-4-2-9-19-16(13)21-17(22)20-10-3-11-23-12-14-5-7-15(18)8-6-14/h2,4-9H,3,10-12H2,1H3,(H2,19,20,21,22). The number of nitrogens with zero attached hydrogens (tertiary/aromatic N) is 1. The smallest absolute Gasteiger partial charge is 0.171 e. The second-order valence-corrected chi connectivity index (χ2v) is 6.60. The van der Waals surface area contributed by atoms with Gasteiger partial charge in [-0.05, 0) is 60.6 Å². The van der Waals surface area contributed by atoms with E-state index in [0.29, 0.717) is 5.11 Å². The predicted molar refractivity (Wildman–Crippen MR) is 100 cm³/mol. The minimum absolute atomic E-state index is 0.188. The zero-order chi connectivity index (χ0) is 16.5. The molecule has 1 aromatic heterocycles. The van der Waals surface area contributed by atoms with Gasteiger partial charge in [0.25, 0.3) is 0 Å². The summed E-state index contributed by atoms with van der Waals surface area (Å²) in [5.74, 6) is 2.52. The van der Waals surface area contributed by atoms with Crippen molar-refractivity contribution in [1.82, 2.24) is 10.3 Å². The average Bonchev–Trinajstić information content (AvgIpc) is 2.54. The summed E-state index contributed by atoms with van der Waals surface area (Å²) in [5.41, 5.74) is 2.21. The lowest BCUT2D eigenvalue weighted by molar-refractivity contribution is 0.627. The number of pyridine rings is 1. The SMILES string of the molecule is Cc1cccnc1NC(=S)NCCCSCc1ccc(F)cc1. The Balaban J connectivity index is 1.57. The molecule has 0 unspecified atom stereocenters. The van der Waals surface area contributed by atoms with Gasteiger partial charge in [-0.1, -0.05) is 18.2 Å². The Morgan fingerprint density at radius 2 is 2.04 bits per heavy atom. The lowest BCUT2D eigenvalue weighted by Gasteiger charge is -2.11. The highest BCUT2D eigenvalue weighted by Crippen LogP contribution is 2.13. The molecule has 3 nitrogen and oxygen atoms in total. The molecule has 0 amide bonds. The van der Waals surface area contributed by atoms with Crippen molar-refractivity contribution in [2.24, 2.45) is 0 Å². The summed E-state index contributed by atoms with van der Waals surface area (Å²) in [5, 5.41) is 6.87. The Morgan fingerprint density at radius 3 is 2.78 bits per heavy atom. The van der Waals surface area contributed by atoms with Crippen LogP contribution in [0.15, 0.2) is 42.6 Å². The van der Waals surface area contributed by atoms with Gasteiger partial charge in [0, 0.05) is 18.5 Å². The van der Waals surface area contributed by atoms with Crippen LogP contribution < -0.4 is 10.6 Å². The topological polar surface area (TPSA) is 37.0 Å².